The number of guanidine groups is 1. The third kappa shape index (κ3) is 8.48. The van der Waals surface area contributed by atoms with Crippen LogP contribution < -0.4 is 15.4 Å². The molecule has 2 N–H and O–H groups in total. The molecule has 0 fully saturated rings. The van der Waals surface area contributed by atoms with Crippen LogP contribution in [0.15, 0.2) is 59.6 Å². The zero-order chi connectivity index (χ0) is 19.5. The SMILES string of the molecule is CCNC(=NCc1ccccc1OCCN(C)C)NC(C)c1ccccc1.I. The molecule has 0 amide bonds. The number of aliphatic imine (C=N–C) groups is 1. The van der Waals surface area contributed by atoms with Crippen LogP contribution in [0.5, 0.6) is 5.75 Å². The highest BCUT2D eigenvalue weighted by molar-refractivity contribution is 14.0. The molecule has 28 heavy (non-hydrogen) atoms. The third-order valence-corrected chi connectivity index (χ3v) is 4.17. The van der Waals surface area contributed by atoms with Crippen molar-refractivity contribution in [1.82, 2.24) is 15.5 Å². The molecule has 6 heteroatoms. The van der Waals surface area contributed by atoms with Gasteiger partial charge in [-0.05, 0) is 39.6 Å². The molecule has 154 valence electrons. The Morgan fingerprint density at radius 1 is 1.07 bits per heavy atom. The van der Waals surface area contributed by atoms with Gasteiger partial charge in [0.1, 0.15) is 12.4 Å². The molecular formula is C22H33IN4O. The average molecular weight is 496 g/mol. The minimum absolute atomic E-state index is 0. The van der Waals surface area contributed by atoms with Crippen LogP contribution in [0.2, 0.25) is 0 Å². The van der Waals surface area contributed by atoms with E-state index in [1.165, 1.54) is 5.56 Å². The summed E-state index contributed by atoms with van der Waals surface area (Å²) in [5, 5.41) is 6.80. The summed E-state index contributed by atoms with van der Waals surface area (Å²) in [4.78, 5) is 6.87. The lowest BCUT2D eigenvalue weighted by molar-refractivity contribution is 0.259. The summed E-state index contributed by atoms with van der Waals surface area (Å²) in [6, 6.07) is 18.7. The lowest BCUT2D eigenvalue weighted by atomic mass is 10.1. The number of nitrogens with zero attached hydrogens (tertiary/aromatic N) is 2. The van der Waals surface area contributed by atoms with Gasteiger partial charge in [-0.3, -0.25) is 0 Å². The van der Waals surface area contributed by atoms with Crippen LogP contribution in [-0.4, -0.2) is 44.7 Å². The molecule has 0 bridgehead atoms. The van der Waals surface area contributed by atoms with Crippen LogP contribution in [0.3, 0.4) is 0 Å². The van der Waals surface area contributed by atoms with Crippen LogP contribution >= 0.6 is 24.0 Å². The highest BCUT2D eigenvalue weighted by Gasteiger charge is 2.08. The van der Waals surface area contributed by atoms with Gasteiger partial charge < -0.3 is 20.3 Å². The van der Waals surface area contributed by atoms with Gasteiger partial charge in [0.2, 0.25) is 0 Å². The predicted molar refractivity (Wildman–Crippen MR) is 129 cm³/mol. The first kappa shape index (κ1) is 24.2. The normalized spacial score (nSPS) is 12.2. The Bertz CT molecular complexity index is 707. The van der Waals surface area contributed by atoms with Gasteiger partial charge in [-0.1, -0.05) is 48.5 Å². The molecule has 0 aliphatic carbocycles. The molecule has 0 spiro atoms. The Morgan fingerprint density at radius 3 is 2.43 bits per heavy atom. The number of rotatable bonds is 9. The number of likely N-dealkylation sites (N-methyl/N-ethyl adjacent to an activating group) is 1. The maximum Gasteiger partial charge on any atom is 0.192 e. The van der Waals surface area contributed by atoms with E-state index >= 15 is 0 Å². The van der Waals surface area contributed by atoms with E-state index in [1.54, 1.807) is 0 Å². The van der Waals surface area contributed by atoms with Gasteiger partial charge in [0.05, 0.1) is 12.6 Å². The minimum Gasteiger partial charge on any atom is -0.492 e. The number of halogens is 1. The summed E-state index contributed by atoms with van der Waals surface area (Å²) in [5.74, 6) is 1.70. The van der Waals surface area contributed by atoms with Crippen molar-refractivity contribution in [2.45, 2.75) is 26.4 Å². The largest absolute Gasteiger partial charge is 0.492 e. The fraction of sp³-hybridized carbons (Fsp3) is 0.409. The predicted octanol–water partition coefficient (Wildman–Crippen LogP) is 4.06. The molecule has 1 atom stereocenters. The second-order valence-electron chi connectivity index (χ2n) is 6.73. The van der Waals surface area contributed by atoms with E-state index < -0.39 is 0 Å². The Morgan fingerprint density at radius 2 is 1.75 bits per heavy atom. The van der Waals surface area contributed by atoms with E-state index in [2.05, 4.69) is 59.7 Å². The molecule has 0 aliphatic rings. The molecule has 2 aromatic carbocycles. The van der Waals surface area contributed by atoms with Gasteiger partial charge >= 0.3 is 0 Å². The number of benzene rings is 2. The van der Waals surface area contributed by atoms with Crippen LogP contribution in [-0.2, 0) is 6.54 Å². The van der Waals surface area contributed by atoms with Crippen LogP contribution in [0.25, 0.3) is 0 Å². The van der Waals surface area contributed by atoms with Crippen molar-refractivity contribution in [3.05, 3.63) is 65.7 Å². The van der Waals surface area contributed by atoms with Crippen LogP contribution in [0, 0.1) is 0 Å². The first-order chi connectivity index (χ1) is 13.1. The topological polar surface area (TPSA) is 48.9 Å². The van der Waals surface area contributed by atoms with Crippen molar-refractivity contribution in [1.29, 1.82) is 0 Å². The van der Waals surface area contributed by atoms with Gasteiger partial charge in [0.25, 0.3) is 0 Å². The lowest BCUT2D eigenvalue weighted by Crippen LogP contribution is -2.38. The van der Waals surface area contributed by atoms with Gasteiger partial charge in [-0.2, -0.15) is 0 Å². The molecule has 0 radical (unpaired) electrons. The molecule has 2 rings (SSSR count). The smallest absolute Gasteiger partial charge is 0.192 e. The average Bonchev–Trinajstić information content (AvgIpc) is 2.67. The lowest BCUT2D eigenvalue weighted by Gasteiger charge is -2.18. The van der Waals surface area contributed by atoms with Crippen molar-refractivity contribution in [3.8, 4) is 5.75 Å². The van der Waals surface area contributed by atoms with Crippen LogP contribution in [0.4, 0.5) is 0 Å². The highest BCUT2D eigenvalue weighted by Crippen LogP contribution is 2.19. The number of para-hydroxylation sites is 1. The summed E-state index contributed by atoms with van der Waals surface area (Å²) in [6.07, 6.45) is 0. The summed E-state index contributed by atoms with van der Waals surface area (Å²) < 4.78 is 5.94. The summed E-state index contributed by atoms with van der Waals surface area (Å²) in [6.45, 7) is 7.14. The van der Waals surface area contributed by atoms with Crippen molar-refractivity contribution < 1.29 is 4.74 Å². The van der Waals surface area contributed by atoms with E-state index in [1.807, 2.05) is 38.4 Å². The molecule has 0 aliphatic heterocycles. The number of hydrogen-bond acceptors (Lipinski definition) is 3. The fourth-order valence-electron chi connectivity index (χ4n) is 2.63. The molecule has 0 aromatic heterocycles. The monoisotopic (exact) mass is 496 g/mol. The van der Waals surface area contributed by atoms with Crippen molar-refractivity contribution in [3.63, 3.8) is 0 Å². The number of nitrogens with one attached hydrogen (secondary N) is 2. The second-order valence-corrected chi connectivity index (χ2v) is 6.73. The van der Waals surface area contributed by atoms with Crippen molar-refractivity contribution in [2.75, 3.05) is 33.8 Å². The van der Waals surface area contributed by atoms with E-state index in [9.17, 15) is 0 Å². The molecule has 2 aromatic rings. The summed E-state index contributed by atoms with van der Waals surface area (Å²) in [7, 11) is 4.09. The fourth-order valence-corrected chi connectivity index (χ4v) is 2.63. The molecule has 5 nitrogen and oxygen atoms in total. The highest BCUT2D eigenvalue weighted by atomic mass is 127. The minimum atomic E-state index is 0. The summed E-state index contributed by atoms with van der Waals surface area (Å²) in [5.41, 5.74) is 2.32. The van der Waals surface area contributed by atoms with Gasteiger partial charge in [0.15, 0.2) is 5.96 Å². The molecule has 0 saturated heterocycles. The third-order valence-electron chi connectivity index (χ3n) is 4.17. The molecule has 1 unspecified atom stereocenters. The van der Waals surface area contributed by atoms with Crippen molar-refractivity contribution in [2.24, 2.45) is 4.99 Å². The first-order valence-electron chi connectivity index (χ1n) is 9.55. The Labute approximate surface area is 186 Å². The standard InChI is InChI=1S/C22H32N4O.HI/c1-5-23-22(25-18(2)19-11-7-6-8-12-19)24-17-20-13-9-10-14-21(20)27-16-15-26(3)4;/h6-14,18H,5,15-17H2,1-4H3,(H2,23,24,25);1H. The van der Waals surface area contributed by atoms with E-state index in [4.69, 9.17) is 9.73 Å². The Kier molecular flexibility index (Phi) is 11.6. The van der Waals surface area contributed by atoms with E-state index in [-0.39, 0.29) is 30.0 Å². The Hall–Kier alpha value is -1.80. The summed E-state index contributed by atoms with van der Waals surface area (Å²) >= 11 is 0. The first-order valence-corrected chi connectivity index (χ1v) is 9.55. The Balaban J connectivity index is 0.00000392. The van der Waals surface area contributed by atoms with Gasteiger partial charge in [0, 0.05) is 18.7 Å². The zero-order valence-electron chi connectivity index (χ0n) is 17.3. The maximum absolute atomic E-state index is 5.94. The van der Waals surface area contributed by atoms with Crippen LogP contribution in [0.1, 0.15) is 31.0 Å². The van der Waals surface area contributed by atoms with Gasteiger partial charge in [-0.15, -0.1) is 24.0 Å². The maximum atomic E-state index is 5.94. The molecular weight excluding hydrogens is 463 g/mol. The molecule has 0 saturated carbocycles. The quantitative estimate of drug-likeness (QED) is 0.313. The van der Waals surface area contributed by atoms with Crippen molar-refractivity contribution >= 4 is 29.9 Å². The second kappa shape index (κ2) is 13.4. The number of ether oxygens (including phenoxy) is 1. The van der Waals surface area contributed by atoms with Gasteiger partial charge in [-0.25, -0.2) is 4.99 Å². The van der Waals surface area contributed by atoms with E-state index in [0.29, 0.717) is 13.2 Å². The zero-order valence-corrected chi connectivity index (χ0v) is 19.6. The molecule has 0 heterocycles. The van der Waals surface area contributed by atoms with E-state index in [0.717, 1.165) is 30.4 Å². The number of hydrogen-bond donors (Lipinski definition) is 2.